The van der Waals surface area contributed by atoms with E-state index in [1.165, 1.54) is 0 Å². The summed E-state index contributed by atoms with van der Waals surface area (Å²) in [5, 5.41) is 7.72. The molecule has 0 radical (unpaired) electrons. The van der Waals surface area contributed by atoms with Crippen molar-refractivity contribution in [2.75, 3.05) is 10.5 Å². The lowest BCUT2D eigenvalue weighted by atomic mass is 9.65. The van der Waals surface area contributed by atoms with E-state index in [4.69, 9.17) is 0 Å². The number of hydrogen-bond donors (Lipinski definition) is 2. The Hall–Kier alpha value is -2.84. The van der Waals surface area contributed by atoms with Gasteiger partial charge in [-0.05, 0) is 29.0 Å². The first-order valence-electron chi connectivity index (χ1n) is 7.97. The largest absolute Gasteiger partial charge is 0.416 e. The highest BCUT2D eigenvalue weighted by molar-refractivity contribution is 6.80. The van der Waals surface area contributed by atoms with E-state index in [0.29, 0.717) is 11.4 Å². The van der Waals surface area contributed by atoms with Gasteiger partial charge in [0.15, 0.2) is 0 Å². The molecule has 0 unspecified atom stereocenters. The summed E-state index contributed by atoms with van der Waals surface area (Å²) < 4.78 is 78.7. The molecule has 1 aliphatic rings. The van der Waals surface area contributed by atoms with Gasteiger partial charge in [0.25, 0.3) is 0 Å². The van der Waals surface area contributed by atoms with E-state index in [9.17, 15) is 26.3 Å². The molecule has 0 fully saturated rings. The Balaban J connectivity index is 1.82. The van der Waals surface area contributed by atoms with Gasteiger partial charge in [0.05, 0.1) is 11.1 Å². The molecule has 0 amide bonds. The highest BCUT2D eigenvalue weighted by atomic mass is 19.4. The van der Waals surface area contributed by atoms with Crippen LogP contribution in [0, 0.1) is 0 Å². The van der Waals surface area contributed by atoms with Crippen molar-refractivity contribution in [1.29, 1.82) is 0 Å². The van der Waals surface area contributed by atoms with Crippen LogP contribution in [0.5, 0.6) is 0 Å². The van der Waals surface area contributed by atoms with E-state index in [1.807, 2.05) is 12.1 Å². The van der Waals surface area contributed by atoms with Crippen LogP contribution in [0.4, 0.5) is 37.7 Å². The molecule has 0 spiro atoms. The van der Waals surface area contributed by atoms with Gasteiger partial charge in [-0.2, -0.15) is 26.3 Å². The number of anilines is 2. The van der Waals surface area contributed by atoms with Crippen LogP contribution in [-0.2, 0) is 12.4 Å². The van der Waals surface area contributed by atoms with Crippen molar-refractivity contribution >= 4 is 34.6 Å². The molecule has 2 N–H and O–H groups in total. The van der Waals surface area contributed by atoms with Gasteiger partial charge < -0.3 is 10.5 Å². The summed E-state index contributed by atoms with van der Waals surface area (Å²) in [6.07, 6.45) is -9.77. The smallest absolute Gasteiger partial charge is 0.405 e. The summed E-state index contributed by atoms with van der Waals surface area (Å²) in [5.41, 5.74) is -1.56. The zero-order chi connectivity index (χ0) is 19.4. The lowest BCUT2D eigenvalue weighted by Crippen LogP contribution is -2.48. The second kappa shape index (κ2) is 5.83. The van der Waals surface area contributed by atoms with Crippen LogP contribution in [-0.4, -0.2) is 6.98 Å². The van der Waals surface area contributed by atoms with Crippen molar-refractivity contribution in [3.63, 3.8) is 0 Å². The fourth-order valence-electron chi connectivity index (χ4n) is 3.24. The number of nitrogens with one attached hydrogen (secondary N) is 2. The van der Waals surface area contributed by atoms with Crippen LogP contribution in [0.3, 0.4) is 0 Å². The van der Waals surface area contributed by atoms with Crippen molar-refractivity contribution in [3.05, 3.63) is 65.7 Å². The fourth-order valence-corrected chi connectivity index (χ4v) is 3.24. The summed E-state index contributed by atoms with van der Waals surface area (Å²) in [6, 6.07) is 12.3. The zero-order valence-corrected chi connectivity index (χ0v) is 13.5. The van der Waals surface area contributed by atoms with Crippen molar-refractivity contribution < 1.29 is 26.3 Å². The van der Waals surface area contributed by atoms with E-state index in [2.05, 4.69) is 10.5 Å². The van der Waals surface area contributed by atoms with Gasteiger partial charge >= 0.3 is 19.3 Å². The molecule has 1 heterocycles. The molecular weight excluding hydrogens is 369 g/mol. The number of rotatable bonds is 1. The predicted molar refractivity (Wildman–Crippen MR) is 93.0 cm³/mol. The van der Waals surface area contributed by atoms with E-state index >= 15 is 0 Å². The van der Waals surface area contributed by atoms with Gasteiger partial charge in [-0.25, -0.2) is 0 Å². The summed E-state index contributed by atoms with van der Waals surface area (Å²) >= 11 is 0. The van der Waals surface area contributed by atoms with Gasteiger partial charge in [-0.1, -0.05) is 36.4 Å². The minimum Gasteiger partial charge on any atom is -0.405 e. The average molecular weight is 380 g/mol. The normalized spacial score (nSPS) is 14.1. The van der Waals surface area contributed by atoms with E-state index in [-0.39, 0.29) is 11.5 Å². The zero-order valence-electron chi connectivity index (χ0n) is 13.5. The Labute approximate surface area is 150 Å². The Morgan fingerprint density at radius 1 is 0.667 bits per heavy atom. The van der Waals surface area contributed by atoms with E-state index < -0.39 is 30.5 Å². The molecule has 27 heavy (non-hydrogen) atoms. The first kappa shape index (κ1) is 17.6. The van der Waals surface area contributed by atoms with Crippen LogP contribution in [0.2, 0.25) is 0 Å². The third-order valence-corrected chi connectivity index (χ3v) is 4.45. The van der Waals surface area contributed by atoms with Gasteiger partial charge in [0.2, 0.25) is 0 Å². The summed E-state index contributed by atoms with van der Waals surface area (Å²) in [7, 11) is 0. The lowest BCUT2D eigenvalue weighted by Gasteiger charge is -2.27. The van der Waals surface area contributed by atoms with Crippen LogP contribution in [0.25, 0.3) is 10.8 Å². The SMILES string of the molecule is FC(F)(F)c1cc(B2Nc3cccc4cccc(c34)N2)cc(C(F)(F)F)c1. The average Bonchev–Trinajstić information content (AvgIpc) is 2.60. The lowest BCUT2D eigenvalue weighted by molar-refractivity contribution is -0.142. The maximum Gasteiger partial charge on any atom is 0.416 e. The molecule has 0 saturated carbocycles. The molecule has 3 aromatic rings. The Morgan fingerprint density at radius 3 is 1.59 bits per heavy atom. The van der Waals surface area contributed by atoms with Crippen molar-refractivity contribution in [3.8, 4) is 0 Å². The number of benzene rings is 3. The number of halogens is 6. The number of hydrogen-bond acceptors (Lipinski definition) is 2. The first-order chi connectivity index (χ1) is 12.6. The maximum absolute atomic E-state index is 13.1. The van der Waals surface area contributed by atoms with Crippen LogP contribution in [0.1, 0.15) is 11.1 Å². The van der Waals surface area contributed by atoms with Crippen LogP contribution in [0.15, 0.2) is 54.6 Å². The Morgan fingerprint density at radius 2 is 1.15 bits per heavy atom. The summed E-state index contributed by atoms with van der Waals surface area (Å²) in [5.74, 6) is 0. The molecule has 0 aliphatic carbocycles. The van der Waals surface area contributed by atoms with Gasteiger partial charge in [-0.3, -0.25) is 0 Å². The molecule has 0 atom stereocenters. The minimum absolute atomic E-state index is 0.126. The first-order valence-corrected chi connectivity index (χ1v) is 7.97. The highest BCUT2D eigenvalue weighted by Gasteiger charge is 2.38. The molecule has 3 aromatic carbocycles. The standard InChI is InChI=1S/C18H11BF6N2/c20-17(21,22)11-7-12(18(23,24)25)9-13(8-11)19-26-14-5-1-3-10-4-2-6-15(27-19)16(10)14/h1-9,26-27H. The molecule has 1 aliphatic heterocycles. The fraction of sp³-hybridized carbons (Fsp3) is 0.111. The summed E-state index contributed by atoms with van der Waals surface area (Å²) in [4.78, 5) is 0. The third-order valence-electron chi connectivity index (χ3n) is 4.45. The molecule has 0 bridgehead atoms. The molecule has 0 aromatic heterocycles. The molecular formula is C18H11BF6N2. The molecule has 2 nitrogen and oxygen atoms in total. The molecule has 0 saturated heterocycles. The maximum atomic E-state index is 13.1. The third kappa shape index (κ3) is 3.18. The minimum atomic E-state index is -4.89. The van der Waals surface area contributed by atoms with Crippen molar-refractivity contribution in [2.45, 2.75) is 12.4 Å². The Kier molecular flexibility index (Phi) is 3.80. The summed E-state index contributed by atoms with van der Waals surface area (Å²) in [6.45, 7) is -0.936. The van der Waals surface area contributed by atoms with E-state index in [0.717, 1.165) is 22.9 Å². The highest BCUT2D eigenvalue weighted by Crippen LogP contribution is 2.36. The predicted octanol–water partition coefficient (Wildman–Crippen LogP) is 5.11. The molecule has 4 rings (SSSR count). The van der Waals surface area contributed by atoms with Crippen LogP contribution >= 0.6 is 0 Å². The monoisotopic (exact) mass is 380 g/mol. The van der Waals surface area contributed by atoms with Gasteiger partial charge in [0, 0.05) is 16.8 Å². The molecule has 9 heteroatoms. The van der Waals surface area contributed by atoms with Gasteiger partial charge in [0.1, 0.15) is 0 Å². The van der Waals surface area contributed by atoms with Crippen LogP contribution < -0.4 is 15.9 Å². The molecule has 138 valence electrons. The Bertz CT molecular complexity index is 956. The van der Waals surface area contributed by atoms with Crippen molar-refractivity contribution in [1.82, 2.24) is 0 Å². The topological polar surface area (TPSA) is 24.1 Å². The van der Waals surface area contributed by atoms with Gasteiger partial charge in [-0.15, -0.1) is 0 Å². The van der Waals surface area contributed by atoms with E-state index in [1.54, 1.807) is 24.3 Å². The second-order valence-corrected chi connectivity index (χ2v) is 6.27. The van der Waals surface area contributed by atoms with Crippen molar-refractivity contribution in [2.24, 2.45) is 0 Å². The second-order valence-electron chi connectivity index (χ2n) is 6.27. The quantitative estimate of drug-likeness (QED) is 0.453. The number of alkyl halides is 6.